The molecule has 37 heavy (non-hydrogen) atoms. The normalized spacial score (nSPS) is 19.8. The van der Waals surface area contributed by atoms with Crippen molar-refractivity contribution in [2.24, 2.45) is 0 Å². The maximum atomic E-state index is 12.0. The van der Waals surface area contributed by atoms with Gasteiger partial charge in [-0.25, -0.2) is 0 Å². The number of hydrogen-bond donors (Lipinski definition) is 2. The second kappa shape index (κ2) is 10.5. The van der Waals surface area contributed by atoms with Crippen LogP contribution in [0.5, 0.6) is 5.75 Å². The first kappa shape index (κ1) is 25.3. The molecule has 5 rings (SSSR count). The highest BCUT2D eigenvalue weighted by Gasteiger charge is 2.42. The Kier molecular flexibility index (Phi) is 7.20. The molecule has 194 valence electrons. The van der Waals surface area contributed by atoms with Crippen molar-refractivity contribution >= 4 is 34.6 Å². The van der Waals surface area contributed by atoms with Gasteiger partial charge in [0.15, 0.2) is 5.11 Å². The van der Waals surface area contributed by atoms with Gasteiger partial charge < -0.3 is 24.8 Å². The topological polar surface area (TPSA) is 71.4 Å². The van der Waals surface area contributed by atoms with E-state index in [-0.39, 0.29) is 18.0 Å². The number of thiocarbonyl (C=S) groups is 1. The van der Waals surface area contributed by atoms with Crippen molar-refractivity contribution < 1.29 is 9.53 Å². The van der Waals surface area contributed by atoms with Crippen molar-refractivity contribution in [2.45, 2.75) is 71.0 Å². The summed E-state index contributed by atoms with van der Waals surface area (Å²) in [6, 6.07) is 14.5. The summed E-state index contributed by atoms with van der Waals surface area (Å²) in [4.78, 5) is 18.9. The van der Waals surface area contributed by atoms with E-state index < -0.39 is 0 Å². The quantitative estimate of drug-likeness (QED) is 0.366. The minimum Gasteiger partial charge on any atom is -0.494 e. The van der Waals surface area contributed by atoms with Gasteiger partial charge in [-0.05, 0) is 74.8 Å². The van der Waals surface area contributed by atoms with Crippen molar-refractivity contribution in [3.63, 3.8) is 0 Å². The summed E-state index contributed by atoms with van der Waals surface area (Å²) in [6.45, 7) is 6.28. The van der Waals surface area contributed by atoms with Crippen LogP contribution in [0.2, 0.25) is 0 Å². The molecule has 2 aromatic heterocycles. The largest absolute Gasteiger partial charge is 0.494 e. The fourth-order valence-electron chi connectivity index (χ4n) is 5.95. The van der Waals surface area contributed by atoms with Gasteiger partial charge in [-0.1, -0.05) is 25.8 Å². The predicted octanol–water partition coefficient (Wildman–Crippen LogP) is 6.15. The fraction of sp³-hybridized carbons (Fsp3) is 0.414. The molecule has 0 spiro atoms. The molecular weight excluding hydrogens is 482 g/mol. The maximum absolute atomic E-state index is 12.0. The second-order valence-corrected chi connectivity index (χ2v) is 10.3. The Bertz CT molecular complexity index is 1300. The third kappa shape index (κ3) is 4.70. The maximum Gasteiger partial charge on any atom is 0.224 e. The molecule has 3 heterocycles. The molecule has 1 aromatic carbocycles. The molecule has 8 heteroatoms. The number of nitrogens with zero attached hydrogens (tertiary/aromatic N) is 3. The highest BCUT2D eigenvalue weighted by molar-refractivity contribution is 7.80. The van der Waals surface area contributed by atoms with Crippen LogP contribution >= 0.6 is 12.2 Å². The van der Waals surface area contributed by atoms with E-state index in [9.17, 15) is 4.79 Å². The van der Waals surface area contributed by atoms with Crippen molar-refractivity contribution in [3.8, 4) is 5.75 Å². The van der Waals surface area contributed by atoms with Crippen LogP contribution in [0.4, 0.5) is 11.4 Å². The third-order valence-corrected chi connectivity index (χ3v) is 8.00. The molecule has 1 aliphatic carbocycles. The Morgan fingerprint density at radius 1 is 1.19 bits per heavy atom. The minimum atomic E-state index is -0.114. The number of benzene rings is 1. The van der Waals surface area contributed by atoms with E-state index in [1.165, 1.54) is 42.6 Å². The number of methoxy groups -OCH3 is 1. The van der Waals surface area contributed by atoms with E-state index in [0.717, 1.165) is 11.4 Å². The second-order valence-electron chi connectivity index (χ2n) is 9.92. The van der Waals surface area contributed by atoms with Gasteiger partial charge in [0.05, 0.1) is 30.6 Å². The van der Waals surface area contributed by atoms with Gasteiger partial charge in [0.2, 0.25) is 5.91 Å². The number of carbonyl (C=O) groups is 1. The number of anilines is 2. The van der Waals surface area contributed by atoms with Crippen LogP contribution in [0.25, 0.3) is 0 Å². The minimum absolute atomic E-state index is 0.0585. The molecule has 2 aliphatic rings. The summed E-state index contributed by atoms with van der Waals surface area (Å²) >= 11 is 5.94. The first-order valence-electron chi connectivity index (χ1n) is 13.1. The highest BCUT2D eigenvalue weighted by atomic mass is 32.1. The molecule has 0 bridgehead atoms. The molecule has 1 saturated heterocycles. The summed E-state index contributed by atoms with van der Waals surface area (Å²) in [5, 5.41) is 7.12. The molecule has 0 radical (unpaired) electrons. The number of aromatic nitrogens is 2. The number of rotatable bonds is 7. The fourth-order valence-corrected chi connectivity index (χ4v) is 6.29. The smallest absolute Gasteiger partial charge is 0.224 e. The van der Waals surface area contributed by atoms with Gasteiger partial charge in [0.25, 0.3) is 0 Å². The van der Waals surface area contributed by atoms with Crippen LogP contribution in [-0.4, -0.2) is 27.7 Å². The van der Waals surface area contributed by atoms with Gasteiger partial charge in [-0.3, -0.25) is 9.78 Å². The Morgan fingerprint density at radius 3 is 2.65 bits per heavy atom. The average molecular weight is 518 g/mol. The third-order valence-electron chi connectivity index (χ3n) is 7.69. The lowest BCUT2D eigenvalue weighted by Crippen LogP contribution is -2.29. The molecule has 2 unspecified atom stereocenters. The Morgan fingerprint density at radius 2 is 1.97 bits per heavy atom. The van der Waals surface area contributed by atoms with Crippen molar-refractivity contribution in [2.75, 3.05) is 17.3 Å². The van der Waals surface area contributed by atoms with Crippen molar-refractivity contribution in [1.29, 1.82) is 0 Å². The van der Waals surface area contributed by atoms with E-state index in [2.05, 4.69) is 46.1 Å². The summed E-state index contributed by atoms with van der Waals surface area (Å²) < 4.78 is 8.20. The van der Waals surface area contributed by atoms with E-state index in [1.807, 2.05) is 43.5 Å². The number of carbonyl (C=O) groups excluding carboxylic acids is 1. The number of amides is 1. The summed E-state index contributed by atoms with van der Waals surface area (Å²) in [5.41, 5.74) is 6.31. The number of ether oxygens (including phenoxy) is 1. The average Bonchev–Trinajstić information content (AvgIpc) is 3.62. The lowest BCUT2D eigenvalue weighted by Gasteiger charge is -2.29. The summed E-state index contributed by atoms with van der Waals surface area (Å²) in [6.07, 6.45) is 7.26. The van der Waals surface area contributed by atoms with Crippen LogP contribution in [0, 0.1) is 13.8 Å². The van der Waals surface area contributed by atoms with Gasteiger partial charge in [0, 0.05) is 41.8 Å². The zero-order chi connectivity index (χ0) is 26.1. The zero-order valence-corrected chi connectivity index (χ0v) is 22.8. The van der Waals surface area contributed by atoms with Gasteiger partial charge in [-0.15, -0.1) is 0 Å². The Labute approximate surface area is 224 Å². The number of hydrogen-bond acceptors (Lipinski definition) is 4. The molecular formula is C29H35N5O2S. The van der Waals surface area contributed by atoms with Crippen LogP contribution in [0.1, 0.15) is 79.8 Å². The van der Waals surface area contributed by atoms with E-state index in [0.29, 0.717) is 29.0 Å². The molecule has 1 saturated carbocycles. The summed E-state index contributed by atoms with van der Waals surface area (Å²) in [5.74, 6) is 0.537. The van der Waals surface area contributed by atoms with Crippen LogP contribution in [-0.2, 0) is 4.79 Å². The van der Waals surface area contributed by atoms with E-state index >= 15 is 0 Å². The first-order chi connectivity index (χ1) is 17.9. The Balaban J connectivity index is 1.61. The standard InChI is InChI=1S/C29H35N5O2S/c1-5-26(35)31-23-14-13-21(17-25(23)36-4)34-28(27(32-29(34)37)24-12-8-9-15-30-24)22-16-18(2)33(19(22)3)20-10-6-7-11-20/h8-9,12-17,20,27-28H,5-7,10-11H2,1-4H3,(H,31,35)(H,32,37). The monoisotopic (exact) mass is 517 g/mol. The lowest BCUT2D eigenvalue weighted by molar-refractivity contribution is -0.115. The van der Waals surface area contributed by atoms with Crippen LogP contribution < -0.4 is 20.3 Å². The summed E-state index contributed by atoms with van der Waals surface area (Å²) in [7, 11) is 1.62. The zero-order valence-electron chi connectivity index (χ0n) is 22.0. The molecule has 7 nitrogen and oxygen atoms in total. The molecule has 1 amide bonds. The van der Waals surface area contributed by atoms with E-state index in [4.69, 9.17) is 21.9 Å². The number of nitrogens with one attached hydrogen (secondary N) is 2. The number of aryl methyl sites for hydroxylation is 1. The van der Waals surface area contributed by atoms with Gasteiger partial charge in [0.1, 0.15) is 5.75 Å². The van der Waals surface area contributed by atoms with Gasteiger partial charge in [-0.2, -0.15) is 0 Å². The van der Waals surface area contributed by atoms with Crippen LogP contribution in [0.3, 0.4) is 0 Å². The molecule has 3 aromatic rings. The first-order valence-corrected chi connectivity index (χ1v) is 13.5. The van der Waals surface area contributed by atoms with Gasteiger partial charge >= 0.3 is 0 Å². The van der Waals surface area contributed by atoms with Crippen molar-refractivity contribution in [1.82, 2.24) is 14.9 Å². The predicted molar refractivity (Wildman–Crippen MR) is 151 cm³/mol. The number of pyridine rings is 1. The SMILES string of the molecule is CCC(=O)Nc1ccc(N2C(=S)NC(c3ccccn3)C2c2cc(C)n(C3CCCC3)c2C)cc1OC. The molecule has 2 fully saturated rings. The van der Waals surface area contributed by atoms with Crippen LogP contribution in [0.15, 0.2) is 48.7 Å². The highest BCUT2D eigenvalue weighted by Crippen LogP contribution is 2.46. The van der Waals surface area contributed by atoms with Crippen molar-refractivity contribution in [3.05, 3.63) is 71.3 Å². The van der Waals surface area contributed by atoms with E-state index in [1.54, 1.807) is 7.11 Å². The lowest BCUT2D eigenvalue weighted by atomic mass is 9.96. The molecule has 1 aliphatic heterocycles. The molecule has 2 N–H and O–H groups in total. The Hall–Kier alpha value is -3.39. The molecule has 2 atom stereocenters.